The number of hydrogen-bond acceptors (Lipinski definition) is 5. The molecule has 8 heteroatoms. The summed E-state index contributed by atoms with van der Waals surface area (Å²) in [5.41, 5.74) is 2.71. The van der Waals surface area contributed by atoms with E-state index in [4.69, 9.17) is 0 Å². The highest BCUT2D eigenvalue weighted by atomic mass is 32.2. The van der Waals surface area contributed by atoms with E-state index in [1.165, 1.54) is 6.07 Å². The zero-order chi connectivity index (χ0) is 23.1. The summed E-state index contributed by atoms with van der Waals surface area (Å²) in [6.45, 7) is 1.31. The molecule has 0 spiro atoms. The van der Waals surface area contributed by atoms with Crippen LogP contribution in [0.25, 0.3) is 0 Å². The number of Topliss-reactive ketones (excluding diaryl/α,β-unsaturated/α-hetero) is 1. The van der Waals surface area contributed by atoms with Gasteiger partial charge in [0.05, 0.1) is 23.3 Å². The fourth-order valence-electron chi connectivity index (χ4n) is 3.14. The summed E-state index contributed by atoms with van der Waals surface area (Å²) < 4.78 is 25.8. The molecule has 3 aromatic carbocycles. The molecule has 7 nitrogen and oxygen atoms in total. The summed E-state index contributed by atoms with van der Waals surface area (Å²) >= 11 is 0. The molecule has 166 valence electrons. The van der Waals surface area contributed by atoms with Crippen molar-refractivity contribution in [2.45, 2.75) is 13.3 Å². The maximum Gasteiger partial charge on any atom is 0.245 e. The second-order valence-electron chi connectivity index (χ2n) is 7.18. The molecule has 3 aromatic rings. The molecule has 32 heavy (non-hydrogen) atoms. The molecule has 0 aliphatic rings. The number of hydrogen-bond donors (Lipinski definition) is 2. The van der Waals surface area contributed by atoms with Crippen LogP contribution in [0.3, 0.4) is 0 Å². The van der Waals surface area contributed by atoms with Crippen LogP contribution >= 0.6 is 0 Å². The van der Waals surface area contributed by atoms with Gasteiger partial charge < -0.3 is 10.6 Å². The predicted molar refractivity (Wildman–Crippen MR) is 128 cm³/mol. The summed E-state index contributed by atoms with van der Waals surface area (Å²) in [6.07, 6.45) is 1.33. The van der Waals surface area contributed by atoms with Gasteiger partial charge in [-0.15, -0.1) is 0 Å². The number of anilines is 4. The zero-order valence-electron chi connectivity index (χ0n) is 17.9. The van der Waals surface area contributed by atoms with E-state index in [1.54, 1.807) is 37.3 Å². The maximum absolute atomic E-state index is 12.8. The summed E-state index contributed by atoms with van der Waals surface area (Å²) in [6, 6.07) is 22.9. The van der Waals surface area contributed by atoms with Crippen molar-refractivity contribution in [2.75, 3.05) is 27.7 Å². The molecule has 3 rings (SSSR count). The van der Waals surface area contributed by atoms with Crippen molar-refractivity contribution in [3.63, 3.8) is 0 Å². The van der Waals surface area contributed by atoms with Gasteiger partial charge in [0.25, 0.3) is 0 Å². The van der Waals surface area contributed by atoms with Gasteiger partial charge in [0.1, 0.15) is 6.54 Å². The molecule has 0 heterocycles. The average Bonchev–Trinajstić information content (AvgIpc) is 2.78. The first-order chi connectivity index (χ1) is 15.3. The van der Waals surface area contributed by atoms with Crippen molar-refractivity contribution in [3.05, 3.63) is 84.4 Å². The van der Waals surface area contributed by atoms with Crippen molar-refractivity contribution >= 4 is 44.5 Å². The van der Waals surface area contributed by atoms with Crippen LogP contribution in [0.1, 0.15) is 23.7 Å². The van der Waals surface area contributed by atoms with E-state index in [1.807, 2.05) is 42.5 Å². The molecule has 0 fully saturated rings. The number of nitrogens with one attached hydrogen (secondary N) is 2. The van der Waals surface area contributed by atoms with E-state index >= 15 is 0 Å². The highest BCUT2D eigenvalue weighted by Crippen LogP contribution is 2.26. The Balaban J connectivity index is 1.81. The van der Waals surface area contributed by atoms with Gasteiger partial charge in [-0.1, -0.05) is 49.4 Å². The molecule has 0 bridgehead atoms. The van der Waals surface area contributed by atoms with Gasteiger partial charge in [-0.25, -0.2) is 8.42 Å². The molecule has 0 atom stereocenters. The Kier molecular flexibility index (Phi) is 7.27. The number of sulfonamides is 1. The molecule has 0 saturated carbocycles. The Labute approximate surface area is 188 Å². The molecule has 1 amide bonds. The standard InChI is InChI=1S/C24H25N3O4S/c1-3-23(28)18-10-9-13-20(16-18)27(32(2,30)31)17-24(29)26-22-15-8-7-14-21(22)25-19-11-5-4-6-12-19/h4-16,25H,3,17H2,1-2H3,(H,26,29). The van der Waals surface area contributed by atoms with Crippen molar-refractivity contribution < 1.29 is 18.0 Å². The smallest absolute Gasteiger partial charge is 0.245 e. The van der Waals surface area contributed by atoms with Crippen LogP contribution in [-0.4, -0.2) is 32.9 Å². The molecule has 0 radical (unpaired) electrons. The van der Waals surface area contributed by atoms with E-state index in [0.717, 1.165) is 16.2 Å². The predicted octanol–water partition coefficient (Wildman–Crippen LogP) is 4.43. The van der Waals surface area contributed by atoms with Gasteiger partial charge >= 0.3 is 0 Å². The van der Waals surface area contributed by atoms with Gasteiger partial charge in [0.15, 0.2) is 5.78 Å². The lowest BCUT2D eigenvalue weighted by Gasteiger charge is -2.23. The van der Waals surface area contributed by atoms with E-state index in [0.29, 0.717) is 23.4 Å². The van der Waals surface area contributed by atoms with Gasteiger partial charge in [-0.2, -0.15) is 0 Å². The van der Waals surface area contributed by atoms with Gasteiger partial charge in [0, 0.05) is 17.7 Å². The third-order valence-corrected chi connectivity index (χ3v) is 5.86. The third-order valence-electron chi connectivity index (χ3n) is 4.72. The molecule has 0 saturated heterocycles. The summed E-state index contributed by atoms with van der Waals surface area (Å²) in [5.74, 6) is -0.615. The minimum Gasteiger partial charge on any atom is -0.354 e. The Hall–Kier alpha value is -3.65. The topological polar surface area (TPSA) is 95.6 Å². The summed E-state index contributed by atoms with van der Waals surface area (Å²) in [7, 11) is -3.77. The lowest BCUT2D eigenvalue weighted by Crippen LogP contribution is -2.37. The Morgan fingerprint density at radius 3 is 2.19 bits per heavy atom. The number of nitrogens with zero attached hydrogens (tertiary/aromatic N) is 1. The number of benzene rings is 3. The number of carbonyl (C=O) groups is 2. The van der Waals surface area contributed by atoms with E-state index in [2.05, 4.69) is 10.6 Å². The lowest BCUT2D eigenvalue weighted by molar-refractivity contribution is -0.114. The van der Waals surface area contributed by atoms with Gasteiger partial charge in [-0.05, 0) is 36.4 Å². The second-order valence-corrected chi connectivity index (χ2v) is 9.09. The zero-order valence-corrected chi connectivity index (χ0v) is 18.7. The van der Waals surface area contributed by atoms with Crippen LogP contribution in [0.2, 0.25) is 0 Å². The van der Waals surface area contributed by atoms with Crippen LogP contribution in [0.15, 0.2) is 78.9 Å². The Bertz CT molecular complexity index is 1210. The van der Waals surface area contributed by atoms with Crippen LogP contribution in [0, 0.1) is 0 Å². The number of rotatable bonds is 9. The van der Waals surface area contributed by atoms with E-state index in [-0.39, 0.29) is 11.5 Å². The van der Waals surface area contributed by atoms with E-state index < -0.39 is 22.5 Å². The highest BCUT2D eigenvalue weighted by Gasteiger charge is 2.22. The van der Waals surface area contributed by atoms with Crippen molar-refractivity contribution in [1.29, 1.82) is 0 Å². The largest absolute Gasteiger partial charge is 0.354 e. The molecular formula is C24H25N3O4S. The Morgan fingerprint density at radius 1 is 0.875 bits per heavy atom. The van der Waals surface area contributed by atoms with Gasteiger partial charge in [0.2, 0.25) is 15.9 Å². The minimum absolute atomic E-state index is 0.106. The molecular weight excluding hydrogens is 426 g/mol. The molecule has 0 aliphatic heterocycles. The highest BCUT2D eigenvalue weighted by molar-refractivity contribution is 7.92. The van der Waals surface area contributed by atoms with Gasteiger partial charge in [-0.3, -0.25) is 13.9 Å². The molecule has 2 N–H and O–H groups in total. The number of ketones is 1. The fraction of sp³-hybridized carbons (Fsp3) is 0.167. The number of carbonyl (C=O) groups excluding carboxylic acids is 2. The van der Waals surface area contributed by atoms with Crippen LogP contribution in [-0.2, 0) is 14.8 Å². The normalized spacial score (nSPS) is 10.9. The lowest BCUT2D eigenvalue weighted by atomic mass is 10.1. The quantitative estimate of drug-likeness (QED) is 0.469. The molecule has 0 unspecified atom stereocenters. The number of amides is 1. The van der Waals surface area contributed by atoms with Crippen LogP contribution in [0.5, 0.6) is 0 Å². The fourth-order valence-corrected chi connectivity index (χ4v) is 3.99. The second kappa shape index (κ2) is 10.1. The van der Waals surface area contributed by atoms with Crippen molar-refractivity contribution in [3.8, 4) is 0 Å². The number of para-hydroxylation sites is 3. The monoisotopic (exact) mass is 451 g/mol. The van der Waals surface area contributed by atoms with Crippen molar-refractivity contribution in [2.24, 2.45) is 0 Å². The van der Waals surface area contributed by atoms with E-state index in [9.17, 15) is 18.0 Å². The first kappa shape index (κ1) is 23.0. The molecule has 0 aromatic heterocycles. The van der Waals surface area contributed by atoms with Crippen LogP contribution in [0.4, 0.5) is 22.7 Å². The van der Waals surface area contributed by atoms with Crippen molar-refractivity contribution in [1.82, 2.24) is 0 Å². The van der Waals surface area contributed by atoms with Crippen LogP contribution < -0.4 is 14.9 Å². The first-order valence-electron chi connectivity index (χ1n) is 10.1. The minimum atomic E-state index is -3.77. The summed E-state index contributed by atoms with van der Waals surface area (Å²) in [4.78, 5) is 24.8. The molecule has 0 aliphatic carbocycles. The third kappa shape index (κ3) is 5.95. The Morgan fingerprint density at radius 2 is 1.53 bits per heavy atom. The first-order valence-corrected chi connectivity index (χ1v) is 11.9. The maximum atomic E-state index is 12.8. The SMILES string of the molecule is CCC(=O)c1cccc(N(CC(=O)Nc2ccccc2Nc2ccccc2)S(C)(=O)=O)c1. The summed E-state index contributed by atoms with van der Waals surface area (Å²) in [5, 5.41) is 6.01. The average molecular weight is 452 g/mol.